The zero-order valence-corrected chi connectivity index (χ0v) is 15.4. The fraction of sp³-hybridized carbons (Fsp3) is 0.200. The van der Waals surface area contributed by atoms with Gasteiger partial charge in [0.2, 0.25) is 0 Å². The zero-order chi connectivity index (χ0) is 21.1. The van der Waals surface area contributed by atoms with Crippen molar-refractivity contribution in [2.24, 2.45) is 0 Å². The van der Waals surface area contributed by atoms with Crippen molar-refractivity contribution in [3.05, 3.63) is 108 Å². The van der Waals surface area contributed by atoms with E-state index >= 15 is 0 Å². The fourth-order valence-electron chi connectivity index (χ4n) is 3.05. The minimum absolute atomic E-state index is 0.122. The molecule has 0 aliphatic heterocycles. The van der Waals surface area contributed by atoms with Crippen molar-refractivity contribution in [2.45, 2.75) is 25.9 Å². The van der Waals surface area contributed by atoms with E-state index in [1.807, 2.05) is 6.07 Å². The molecule has 0 aliphatic rings. The molecule has 0 fully saturated rings. The predicted molar refractivity (Wildman–Crippen MR) is 102 cm³/mol. The monoisotopic (exact) mass is 401 g/mol. The number of halogens is 2. The normalized spacial score (nSPS) is 12.0. The van der Waals surface area contributed by atoms with Gasteiger partial charge in [0.1, 0.15) is 11.6 Å². The molecule has 0 radical (unpaired) electrons. The number of nitro groups is 1. The highest BCUT2D eigenvalue weighted by Gasteiger charge is 2.22. The molecule has 0 aliphatic carbocycles. The van der Waals surface area contributed by atoms with E-state index in [4.69, 9.17) is 0 Å². The highest BCUT2D eigenvalue weighted by atomic mass is 19.1. The number of hydrogen-bond acceptors (Lipinski definition) is 4. The largest absolute Gasteiger partial charge is 0.350 e. The van der Waals surface area contributed by atoms with E-state index in [0.29, 0.717) is 0 Å². The second-order valence-electron chi connectivity index (χ2n) is 6.61. The minimum Gasteiger partial charge on any atom is -0.289 e. The van der Waals surface area contributed by atoms with Crippen molar-refractivity contribution in [3.63, 3.8) is 0 Å². The summed E-state index contributed by atoms with van der Waals surface area (Å²) in [5.41, 5.74) is -2.39. The van der Waals surface area contributed by atoms with Crippen molar-refractivity contribution < 1.29 is 13.7 Å². The molecule has 7 nitrogen and oxygen atoms in total. The van der Waals surface area contributed by atoms with Gasteiger partial charge in [-0.3, -0.25) is 24.0 Å². The van der Waals surface area contributed by atoms with Crippen LogP contribution in [0.1, 0.15) is 24.0 Å². The third-order valence-corrected chi connectivity index (χ3v) is 4.63. The van der Waals surface area contributed by atoms with Gasteiger partial charge in [-0.1, -0.05) is 43.3 Å². The van der Waals surface area contributed by atoms with Crippen molar-refractivity contribution in [1.82, 2.24) is 9.13 Å². The van der Waals surface area contributed by atoms with Crippen molar-refractivity contribution in [1.29, 1.82) is 0 Å². The van der Waals surface area contributed by atoms with Crippen molar-refractivity contribution in [2.75, 3.05) is 0 Å². The molecule has 0 unspecified atom stereocenters. The molecular formula is C20H17F2N3O4. The quantitative estimate of drug-likeness (QED) is 0.469. The second kappa shape index (κ2) is 8.17. The third-order valence-electron chi connectivity index (χ3n) is 4.63. The molecule has 1 atom stereocenters. The van der Waals surface area contributed by atoms with E-state index in [1.165, 1.54) is 6.07 Å². The lowest BCUT2D eigenvalue weighted by molar-refractivity contribution is -0.387. The molecule has 150 valence electrons. The highest BCUT2D eigenvalue weighted by molar-refractivity contribution is 5.25. The summed E-state index contributed by atoms with van der Waals surface area (Å²) in [4.78, 5) is 35.7. The standard InChI is InChI=1S/C20H17F2N3O4/c1-13(14-6-3-2-4-7-14)10-24-19(26)18(25(28)29)12-23(20(24)27)11-15-16(21)8-5-9-17(15)22/h2-9,12-13H,10-11H2,1H3/t13-/m0/s1. The van der Waals surface area contributed by atoms with Crippen LogP contribution in [-0.4, -0.2) is 14.1 Å². The van der Waals surface area contributed by atoms with Crippen molar-refractivity contribution >= 4 is 5.69 Å². The first-order chi connectivity index (χ1) is 13.8. The Hall–Kier alpha value is -3.62. The first-order valence-corrected chi connectivity index (χ1v) is 8.76. The summed E-state index contributed by atoms with van der Waals surface area (Å²) in [6, 6.07) is 12.2. The maximum Gasteiger partial charge on any atom is 0.350 e. The Balaban J connectivity index is 2.10. The molecule has 9 heteroatoms. The van der Waals surface area contributed by atoms with Crippen LogP contribution in [0.15, 0.2) is 64.3 Å². The summed E-state index contributed by atoms with van der Waals surface area (Å²) in [7, 11) is 0. The Morgan fingerprint density at radius 3 is 2.24 bits per heavy atom. The Bertz CT molecular complexity index is 1150. The average Bonchev–Trinajstić information content (AvgIpc) is 2.69. The molecule has 3 rings (SSSR count). The van der Waals surface area contributed by atoms with E-state index in [1.54, 1.807) is 31.2 Å². The number of aromatic nitrogens is 2. The number of rotatable bonds is 6. The summed E-state index contributed by atoms with van der Waals surface area (Å²) in [6.07, 6.45) is 0.722. The van der Waals surface area contributed by atoms with E-state index in [0.717, 1.165) is 33.0 Å². The van der Waals surface area contributed by atoms with E-state index in [-0.39, 0.29) is 12.5 Å². The summed E-state index contributed by atoms with van der Waals surface area (Å²) in [5, 5.41) is 11.3. The lowest BCUT2D eigenvalue weighted by atomic mass is 10.0. The molecule has 0 amide bonds. The maximum absolute atomic E-state index is 14.0. The fourth-order valence-corrected chi connectivity index (χ4v) is 3.05. The first kappa shape index (κ1) is 20.1. The molecule has 0 bridgehead atoms. The number of hydrogen-bond donors (Lipinski definition) is 0. The highest BCUT2D eigenvalue weighted by Crippen LogP contribution is 2.17. The minimum atomic E-state index is -1.06. The van der Waals surface area contributed by atoms with Crippen LogP contribution in [0, 0.1) is 21.7 Å². The van der Waals surface area contributed by atoms with Crippen LogP contribution in [0.5, 0.6) is 0 Å². The van der Waals surface area contributed by atoms with Gasteiger partial charge in [0.15, 0.2) is 0 Å². The SMILES string of the molecule is C[C@@H](Cn1c(=O)c([N+](=O)[O-])cn(Cc2c(F)cccc2F)c1=O)c1ccccc1. The molecule has 0 saturated carbocycles. The zero-order valence-electron chi connectivity index (χ0n) is 15.4. The lowest BCUT2D eigenvalue weighted by Crippen LogP contribution is -2.41. The molecule has 29 heavy (non-hydrogen) atoms. The lowest BCUT2D eigenvalue weighted by Gasteiger charge is -2.15. The summed E-state index contributed by atoms with van der Waals surface area (Å²) in [5.74, 6) is -2.09. The first-order valence-electron chi connectivity index (χ1n) is 8.76. The molecule has 1 aromatic heterocycles. The molecule has 0 saturated heterocycles. The van der Waals surface area contributed by atoms with Gasteiger partial charge in [0.05, 0.1) is 17.7 Å². The topological polar surface area (TPSA) is 87.1 Å². The Labute approximate surface area is 163 Å². The molecule has 3 aromatic rings. The Morgan fingerprint density at radius 2 is 1.66 bits per heavy atom. The Morgan fingerprint density at radius 1 is 1.03 bits per heavy atom. The smallest absolute Gasteiger partial charge is 0.289 e. The van der Waals surface area contributed by atoms with Crippen LogP contribution in [0.4, 0.5) is 14.5 Å². The van der Waals surface area contributed by atoms with E-state index in [2.05, 4.69) is 0 Å². The summed E-state index contributed by atoms with van der Waals surface area (Å²) in [6.45, 7) is 1.06. The average molecular weight is 401 g/mol. The van der Waals surface area contributed by atoms with Gasteiger partial charge in [0, 0.05) is 12.1 Å². The predicted octanol–water partition coefficient (Wildman–Crippen LogP) is 3.05. The van der Waals surface area contributed by atoms with Crippen LogP contribution in [0.2, 0.25) is 0 Å². The van der Waals surface area contributed by atoms with Crippen LogP contribution in [-0.2, 0) is 13.1 Å². The van der Waals surface area contributed by atoms with Gasteiger partial charge >= 0.3 is 16.9 Å². The number of benzene rings is 2. The van der Waals surface area contributed by atoms with Gasteiger partial charge in [0.25, 0.3) is 0 Å². The Kier molecular flexibility index (Phi) is 5.67. The maximum atomic E-state index is 14.0. The van der Waals surface area contributed by atoms with E-state index < -0.39 is 45.6 Å². The van der Waals surface area contributed by atoms with Crippen LogP contribution < -0.4 is 11.2 Å². The van der Waals surface area contributed by atoms with Crippen LogP contribution in [0.25, 0.3) is 0 Å². The van der Waals surface area contributed by atoms with Crippen LogP contribution >= 0.6 is 0 Å². The van der Waals surface area contributed by atoms with Crippen molar-refractivity contribution in [3.8, 4) is 0 Å². The molecular weight excluding hydrogens is 384 g/mol. The molecule has 0 spiro atoms. The van der Waals surface area contributed by atoms with Gasteiger partial charge in [-0.2, -0.15) is 0 Å². The van der Waals surface area contributed by atoms with Gasteiger partial charge in [-0.25, -0.2) is 13.6 Å². The third kappa shape index (κ3) is 4.13. The summed E-state index contributed by atoms with van der Waals surface area (Å²) >= 11 is 0. The van der Waals surface area contributed by atoms with Crippen LogP contribution in [0.3, 0.4) is 0 Å². The summed E-state index contributed by atoms with van der Waals surface area (Å²) < 4.78 is 29.5. The van der Waals surface area contributed by atoms with Gasteiger partial charge in [-0.15, -0.1) is 0 Å². The van der Waals surface area contributed by atoms with Gasteiger partial charge in [-0.05, 0) is 23.6 Å². The van der Waals surface area contributed by atoms with E-state index in [9.17, 15) is 28.5 Å². The molecule has 2 aromatic carbocycles. The van der Waals surface area contributed by atoms with Gasteiger partial charge < -0.3 is 0 Å². The second-order valence-corrected chi connectivity index (χ2v) is 6.61. The number of nitrogens with zero attached hydrogens (tertiary/aromatic N) is 3. The molecule has 0 N–H and O–H groups in total. The molecule has 1 heterocycles.